The molecule has 3 rings (SSSR count). The second kappa shape index (κ2) is 4.23. The molecule has 17 heavy (non-hydrogen) atoms. The van der Waals surface area contributed by atoms with Gasteiger partial charge in [0.25, 0.3) is 0 Å². The zero-order valence-electron chi connectivity index (χ0n) is 11.2. The summed E-state index contributed by atoms with van der Waals surface area (Å²) in [6.45, 7) is 5.87. The Balaban J connectivity index is 1.70. The fraction of sp³-hybridized carbons (Fsp3) is 1.00. The van der Waals surface area contributed by atoms with E-state index in [0.29, 0.717) is 5.41 Å². The van der Waals surface area contributed by atoms with Crippen LogP contribution in [0.25, 0.3) is 0 Å². The molecule has 3 atom stereocenters. The van der Waals surface area contributed by atoms with Gasteiger partial charge in [-0.2, -0.15) is 0 Å². The number of halogens is 1. The lowest BCUT2D eigenvalue weighted by molar-refractivity contribution is -0.138. The molecule has 2 bridgehead atoms. The Kier molecular flexibility index (Phi) is 3.10. The Morgan fingerprint density at radius 1 is 1.12 bits per heavy atom. The Morgan fingerprint density at radius 2 is 1.82 bits per heavy atom. The van der Waals surface area contributed by atoms with Crippen molar-refractivity contribution in [2.75, 3.05) is 11.9 Å². The maximum atomic E-state index is 6.49. The highest BCUT2D eigenvalue weighted by molar-refractivity contribution is 9.09. The van der Waals surface area contributed by atoms with Crippen molar-refractivity contribution < 1.29 is 4.74 Å². The number of ether oxygens (including phenoxy) is 1. The summed E-state index contributed by atoms with van der Waals surface area (Å²) in [6, 6.07) is 0. The van der Waals surface area contributed by atoms with E-state index >= 15 is 0 Å². The van der Waals surface area contributed by atoms with Gasteiger partial charge in [-0.25, -0.2) is 0 Å². The lowest BCUT2D eigenvalue weighted by Gasteiger charge is -2.48. The molecule has 0 aromatic rings. The summed E-state index contributed by atoms with van der Waals surface area (Å²) < 4.78 is 6.49. The van der Waals surface area contributed by atoms with E-state index in [1.54, 1.807) is 0 Å². The van der Waals surface area contributed by atoms with Gasteiger partial charge in [0.05, 0.1) is 5.60 Å². The molecule has 0 spiro atoms. The number of alkyl halides is 1. The maximum Gasteiger partial charge on any atom is 0.0860 e. The fourth-order valence-electron chi connectivity index (χ4n) is 4.37. The molecule has 3 aliphatic carbocycles. The standard InChI is InChI=1S/C15H25BrO/c1-14(2)12-5-6-13(9-12)15(14,10-16)17-8-7-11-3-4-11/h11-13H,3-10H2,1-2H3. The number of rotatable bonds is 5. The molecule has 0 aromatic carbocycles. The molecular formula is C15H25BrO. The quantitative estimate of drug-likeness (QED) is 0.684. The van der Waals surface area contributed by atoms with Gasteiger partial charge >= 0.3 is 0 Å². The van der Waals surface area contributed by atoms with Crippen molar-refractivity contribution in [1.82, 2.24) is 0 Å². The maximum absolute atomic E-state index is 6.49. The van der Waals surface area contributed by atoms with Crippen LogP contribution in [0, 0.1) is 23.2 Å². The van der Waals surface area contributed by atoms with Gasteiger partial charge in [0.2, 0.25) is 0 Å². The first-order valence-corrected chi connectivity index (χ1v) is 8.42. The van der Waals surface area contributed by atoms with Gasteiger partial charge < -0.3 is 4.74 Å². The lowest BCUT2D eigenvalue weighted by atomic mass is 9.66. The minimum atomic E-state index is 0.130. The van der Waals surface area contributed by atoms with Crippen molar-refractivity contribution in [2.45, 2.75) is 58.0 Å². The lowest BCUT2D eigenvalue weighted by Crippen LogP contribution is -2.53. The second-order valence-corrected chi connectivity index (χ2v) is 7.59. The van der Waals surface area contributed by atoms with Crippen LogP contribution in [0.15, 0.2) is 0 Å². The zero-order valence-corrected chi connectivity index (χ0v) is 12.8. The van der Waals surface area contributed by atoms with Gasteiger partial charge in [-0.3, -0.25) is 0 Å². The highest BCUT2D eigenvalue weighted by Gasteiger charge is 2.63. The molecule has 0 N–H and O–H groups in total. The molecule has 3 unspecified atom stereocenters. The third-order valence-corrected chi connectivity index (χ3v) is 6.82. The SMILES string of the molecule is CC1(C)C2CCC(C2)C1(CBr)OCCC1CC1. The zero-order chi connectivity index (χ0) is 12.1. The third kappa shape index (κ3) is 1.82. The summed E-state index contributed by atoms with van der Waals surface area (Å²) in [5, 5.41) is 1.03. The molecule has 2 heteroatoms. The molecule has 3 fully saturated rings. The average molecular weight is 301 g/mol. The fourth-order valence-corrected chi connectivity index (χ4v) is 5.71. The first kappa shape index (κ1) is 12.5. The largest absolute Gasteiger partial charge is 0.373 e. The third-order valence-electron chi connectivity index (χ3n) is 5.98. The predicted molar refractivity (Wildman–Crippen MR) is 74.4 cm³/mol. The average Bonchev–Trinajstić information content (AvgIpc) is 2.92. The van der Waals surface area contributed by atoms with E-state index in [-0.39, 0.29) is 5.60 Å². The van der Waals surface area contributed by atoms with Gasteiger partial charge in [0, 0.05) is 11.9 Å². The van der Waals surface area contributed by atoms with E-state index in [1.165, 1.54) is 38.5 Å². The highest BCUT2D eigenvalue weighted by atomic mass is 79.9. The Bertz CT molecular complexity index is 297. The molecular weight excluding hydrogens is 276 g/mol. The van der Waals surface area contributed by atoms with Crippen LogP contribution in [0.1, 0.15) is 52.4 Å². The molecule has 1 nitrogen and oxygen atoms in total. The van der Waals surface area contributed by atoms with Gasteiger partial charge in [0.1, 0.15) is 0 Å². The van der Waals surface area contributed by atoms with Crippen LogP contribution in [0.2, 0.25) is 0 Å². The monoisotopic (exact) mass is 300 g/mol. The topological polar surface area (TPSA) is 9.23 Å². The molecule has 0 amide bonds. The molecule has 0 radical (unpaired) electrons. The van der Waals surface area contributed by atoms with E-state index in [4.69, 9.17) is 4.74 Å². The van der Waals surface area contributed by atoms with Crippen molar-refractivity contribution in [2.24, 2.45) is 23.2 Å². The van der Waals surface area contributed by atoms with E-state index in [2.05, 4.69) is 29.8 Å². The number of hydrogen-bond donors (Lipinski definition) is 0. The Morgan fingerprint density at radius 3 is 2.35 bits per heavy atom. The van der Waals surface area contributed by atoms with Crippen LogP contribution >= 0.6 is 15.9 Å². The summed E-state index contributed by atoms with van der Waals surface area (Å²) >= 11 is 3.77. The Hall–Kier alpha value is 0.440. The van der Waals surface area contributed by atoms with E-state index in [0.717, 1.165) is 29.7 Å². The van der Waals surface area contributed by atoms with Crippen molar-refractivity contribution in [3.8, 4) is 0 Å². The summed E-state index contributed by atoms with van der Waals surface area (Å²) in [5.41, 5.74) is 0.494. The Labute approximate surface area is 114 Å². The van der Waals surface area contributed by atoms with Gasteiger partial charge in [-0.05, 0) is 48.9 Å². The molecule has 3 saturated carbocycles. The van der Waals surface area contributed by atoms with Crippen molar-refractivity contribution in [3.63, 3.8) is 0 Å². The molecule has 98 valence electrons. The van der Waals surface area contributed by atoms with Crippen LogP contribution in [0.4, 0.5) is 0 Å². The van der Waals surface area contributed by atoms with Crippen LogP contribution < -0.4 is 0 Å². The number of fused-ring (bicyclic) bond motifs is 2. The van der Waals surface area contributed by atoms with E-state index in [9.17, 15) is 0 Å². The molecule has 3 aliphatic rings. The number of hydrogen-bond acceptors (Lipinski definition) is 1. The summed E-state index contributed by atoms with van der Waals surface area (Å²) in [6.07, 6.45) is 8.41. The first-order valence-electron chi connectivity index (χ1n) is 7.30. The molecule has 0 saturated heterocycles. The summed E-state index contributed by atoms with van der Waals surface area (Å²) in [7, 11) is 0. The van der Waals surface area contributed by atoms with Gasteiger partial charge in [-0.15, -0.1) is 0 Å². The minimum absolute atomic E-state index is 0.130. The first-order chi connectivity index (χ1) is 8.10. The molecule has 0 aromatic heterocycles. The summed E-state index contributed by atoms with van der Waals surface area (Å²) in [4.78, 5) is 0. The second-order valence-electron chi connectivity index (χ2n) is 7.03. The van der Waals surface area contributed by atoms with E-state index in [1.807, 2.05) is 0 Å². The van der Waals surface area contributed by atoms with Crippen LogP contribution in [0.5, 0.6) is 0 Å². The van der Waals surface area contributed by atoms with Crippen molar-refractivity contribution >= 4 is 15.9 Å². The van der Waals surface area contributed by atoms with Gasteiger partial charge in [-0.1, -0.05) is 42.6 Å². The van der Waals surface area contributed by atoms with Gasteiger partial charge in [0.15, 0.2) is 0 Å². The van der Waals surface area contributed by atoms with Crippen LogP contribution in [0.3, 0.4) is 0 Å². The molecule has 0 heterocycles. The van der Waals surface area contributed by atoms with Crippen molar-refractivity contribution in [1.29, 1.82) is 0 Å². The van der Waals surface area contributed by atoms with Crippen molar-refractivity contribution in [3.05, 3.63) is 0 Å². The summed E-state index contributed by atoms with van der Waals surface area (Å²) in [5.74, 6) is 2.69. The molecule has 0 aliphatic heterocycles. The highest BCUT2D eigenvalue weighted by Crippen LogP contribution is 2.63. The smallest absolute Gasteiger partial charge is 0.0860 e. The van der Waals surface area contributed by atoms with Crippen LogP contribution in [-0.2, 0) is 4.74 Å². The van der Waals surface area contributed by atoms with Crippen LogP contribution in [-0.4, -0.2) is 17.5 Å². The normalized spacial score (nSPS) is 43.2. The van der Waals surface area contributed by atoms with E-state index < -0.39 is 0 Å². The minimum Gasteiger partial charge on any atom is -0.373 e. The predicted octanol–water partition coefficient (Wildman–Crippen LogP) is 4.39.